The number of imidazole rings is 1. The van der Waals surface area contributed by atoms with E-state index in [0.717, 1.165) is 56.0 Å². The van der Waals surface area contributed by atoms with E-state index in [2.05, 4.69) is 48.7 Å². The molecule has 8 heteroatoms. The largest absolute Gasteiger partial charge is 0.355 e. The van der Waals surface area contributed by atoms with Crippen LogP contribution >= 0.6 is 0 Å². The van der Waals surface area contributed by atoms with E-state index in [1.165, 1.54) is 0 Å². The molecule has 0 aromatic carbocycles. The fraction of sp³-hybridized carbons (Fsp3) is 0.619. The third kappa shape index (κ3) is 4.27. The van der Waals surface area contributed by atoms with Crippen molar-refractivity contribution < 1.29 is 4.79 Å². The van der Waals surface area contributed by atoms with E-state index in [4.69, 9.17) is 0 Å². The van der Waals surface area contributed by atoms with Crippen LogP contribution in [0, 0.1) is 19.8 Å². The zero-order chi connectivity index (χ0) is 20.5. The van der Waals surface area contributed by atoms with Gasteiger partial charge in [0.05, 0.1) is 6.33 Å². The average molecular weight is 398 g/mol. The Morgan fingerprint density at radius 2 is 2.07 bits per heavy atom. The van der Waals surface area contributed by atoms with Gasteiger partial charge in [-0.25, -0.2) is 15.0 Å². The Morgan fingerprint density at radius 1 is 1.28 bits per heavy atom. The Morgan fingerprint density at radius 3 is 2.72 bits per heavy atom. The molecule has 0 bridgehead atoms. The predicted molar refractivity (Wildman–Crippen MR) is 112 cm³/mol. The first-order valence-corrected chi connectivity index (χ1v) is 10.4. The second-order valence-electron chi connectivity index (χ2n) is 8.70. The molecule has 4 rings (SSSR count). The van der Waals surface area contributed by atoms with Crippen molar-refractivity contribution in [3.8, 4) is 0 Å². The summed E-state index contributed by atoms with van der Waals surface area (Å²) in [6, 6.07) is 0.721. The molecule has 1 amide bonds. The molecule has 29 heavy (non-hydrogen) atoms. The van der Waals surface area contributed by atoms with Crippen LogP contribution in [0.4, 0.5) is 5.82 Å². The highest BCUT2D eigenvalue weighted by atomic mass is 16.2. The number of likely N-dealkylation sites (N-methyl/N-ethyl adjacent to an activating group) is 1. The lowest BCUT2D eigenvalue weighted by Gasteiger charge is -2.35. The van der Waals surface area contributed by atoms with Crippen LogP contribution in [0.5, 0.6) is 0 Å². The van der Waals surface area contributed by atoms with E-state index in [-0.39, 0.29) is 17.8 Å². The van der Waals surface area contributed by atoms with Crippen LogP contribution in [0.3, 0.4) is 0 Å². The molecular weight excluding hydrogens is 366 g/mol. The van der Waals surface area contributed by atoms with E-state index >= 15 is 0 Å². The minimum absolute atomic E-state index is 0.163. The second kappa shape index (κ2) is 8.10. The van der Waals surface area contributed by atoms with Crippen molar-refractivity contribution in [1.82, 2.24) is 29.7 Å². The molecule has 8 nitrogen and oxygen atoms in total. The summed E-state index contributed by atoms with van der Waals surface area (Å²) in [7, 11) is 4.23. The molecule has 2 aliphatic rings. The van der Waals surface area contributed by atoms with Crippen LogP contribution in [0.15, 0.2) is 18.7 Å². The van der Waals surface area contributed by atoms with Crippen molar-refractivity contribution in [3.05, 3.63) is 35.8 Å². The van der Waals surface area contributed by atoms with E-state index in [9.17, 15) is 4.79 Å². The Balaban J connectivity index is 1.38. The number of aromatic nitrogens is 4. The van der Waals surface area contributed by atoms with Gasteiger partial charge in [-0.05, 0) is 53.1 Å². The van der Waals surface area contributed by atoms with Crippen LogP contribution in [0.1, 0.15) is 41.1 Å². The number of hydrogen-bond acceptors (Lipinski definition) is 6. The second-order valence-corrected chi connectivity index (χ2v) is 8.70. The average Bonchev–Trinajstić information content (AvgIpc) is 3.33. The van der Waals surface area contributed by atoms with Gasteiger partial charge in [0, 0.05) is 55.4 Å². The van der Waals surface area contributed by atoms with Crippen molar-refractivity contribution in [3.63, 3.8) is 0 Å². The van der Waals surface area contributed by atoms with Crippen LogP contribution < -0.4 is 10.2 Å². The maximum atomic E-state index is 12.8. The van der Waals surface area contributed by atoms with Gasteiger partial charge in [-0.2, -0.15) is 0 Å². The molecule has 1 aliphatic heterocycles. The summed E-state index contributed by atoms with van der Waals surface area (Å²) in [5, 5.41) is 3.12. The molecule has 2 aromatic heterocycles. The van der Waals surface area contributed by atoms with E-state index in [0.29, 0.717) is 12.0 Å². The van der Waals surface area contributed by atoms with Crippen LogP contribution in [-0.2, 0) is 6.54 Å². The normalized spacial score (nSPS) is 24.0. The predicted octanol–water partition coefficient (Wildman–Crippen LogP) is 1.64. The van der Waals surface area contributed by atoms with Crippen molar-refractivity contribution in [2.24, 2.45) is 5.92 Å². The lowest BCUT2D eigenvalue weighted by Crippen LogP contribution is -2.46. The molecule has 0 radical (unpaired) electrons. The van der Waals surface area contributed by atoms with E-state index in [1.807, 2.05) is 26.4 Å². The number of aryl methyl sites for hydroxylation is 1. The molecule has 3 heterocycles. The number of carbonyl (C=O) groups is 1. The van der Waals surface area contributed by atoms with Gasteiger partial charge in [0.1, 0.15) is 5.82 Å². The monoisotopic (exact) mass is 397 g/mol. The molecule has 2 aromatic rings. The molecule has 156 valence electrons. The number of rotatable bonds is 6. The number of hydrogen-bond donors (Lipinski definition) is 1. The summed E-state index contributed by atoms with van der Waals surface area (Å²) in [6.45, 7) is 6.85. The minimum atomic E-state index is -0.163. The molecule has 1 saturated carbocycles. The topological polar surface area (TPSA) is 79.2 Å². The lowest BCUT2D eigenvalue weighted by atomic mass is 9.80. The third-order valence-electron chi connectivity index (χ3n) is 6.36. The fourth-order valence-electron chi connectivity index (χ4n) is 4.32. The van der Waals surface area contributed by atoms with Gasteiger partial charge >= 0.3 is 0 Å². The highest BCUT2D eigenvalue weighted by molar-refractivity contribution is 5.91. The highest BCUT2D eigenvalue weighted by Crippen LogP contribution is 2.29. The highest BCUT2D eigenvalue weighted by Gasteiger charge is 2.32. The van der Waals surface area contributed by atoms with Gasteiger partial charge < -0.3 is 19.7 Å². The number of nitrogens with one attached hydrogen (secondary N) is 1. The first-order valence-electron chi connectivity index (χ1n) is 10.4. The summed E-state index contributed by atoms with van der Waals surface area (Å²) in [4.78, 5) is 30.6. The maximum absolute atomic E-state index is 12.8. The van der Waals surface area contributed by atoms with E-state index in [1.54, 1.807) is 6.20 Å². The molecule has 1 aliphatic carbocycles. The Labute approximate surface area is 172 Å². The maximum Gasteiger partial charge on any atom is 0.289 e. The third-order valence-corrected chi connectivity index (χ3v) is 6.36. The van der Waals surface area contributed by atoms with Crippen molar-refractivity contribution in [1.29, 1.82) is 0 Å². The number of amides is 1. The molecule has 0 spiro atoms. The van der Waals surface area contributed by atoms with Gasteiger partial charge in [-0.15, -0.1) is 0 Å². The smallest absolute Gasteiger partial charge is 0.289 e. The molecule has 1 atom stereocenters. The summed E-state index contributed by atoms with van der Waals surface area (Å²) in [5.74, 6) is 1.61. The standard InChI is InChI=1S/C21H31N7O/c1-14-15(2)23-19(25-20(14)28-7-5-18(12-28)26(3)4)21(29)24-17-9-16(10-17)11-27-8-6-22-13-27/h6,8,13,16-18H,5,7,9-12H2,1-4H3,(H,24,29)/t16?,17?,18-/m1/s1. The summed E-state index contributed by atoms with van der Waals surface area (Å²) < 4.78 is 2.10. The number of nitrogens with zero attached hydrogens (tertiary/aromatic N) is 6. The van der Waals surface area contributed by atoms with Crippen molar-refractivity contribution >= 4 is 11.7 Å². The fourth-order valence-corrected chi connectivity index (χ4v) is 4.32. The molecule has 0 unspecified atom stereocenters. The van der Waals surface area contributed by atoms with Gasteiger partial charge in [-0.1, -0.05) is 0 Å². The Hall–Kier alpha value is -2.48. The summed E-state index contributed by atoms with van der Waals surface area (Å²) in [5.41, 5.74) is 1.94. The van der Waals surface area contributed by atoms with Gasteiger partial charge in [0.15, 0.2) is 0 Å². The lowest BCUT2D eigenvalue weighted by molar-refractivity contribution is 0.0870. The minimum Gasteiger partial charge on any atom is -0.355 e. The molecule has 2 fully saturated rings. The van der Waals surface area contributed by atoms with Crippen LogP contribution in [-0.4, -0.2) is 69.6 Å². The molecular formula is C21H31N7O. The van der Waals surface area contributed by atoms with Gasteiger partial charge in [0.2, 0.25) is 5.82 Å². The summed E-state index contributed by atoms with van der Waals surface area (Å²) in [6.07, 6.45) is 8.70. The zero-order valence-electron chi connectivity index (χ0n) is 17.8. The van der Waals surface area contributed by atoms with Crippen molar-refractivity contribution in [2.45, 2.75) is 51.7 Å². The number of anilines is 1. The van der Waals surface area contributed by atoms with Crippen LogP contribution in [0.25, 0.3) is 0 Å². The van der Waals surface area contributed by atoms with Crippen molar-refractivity contribution in [2.75, 3.05) is 32.1 Å². The van der Waals surface area contributed by atoms with Gasteiger partial charge in [-0.3, -0.25) is 4.79 Å². The van der Waals surface area contributed by atoms with Crippen LogP contribution in [0.2, 0.25) is 0 Å². The van der Waals surface area contributed by atoms with Gasteiger partial charge in [0.25, 0.3) is 5.91 Å². The zero-order valence-corrected chi connectivity index (χ0v) is 17.8. The first kappa shape index (κ1) is 19.8. The quantitative estimate of drug-likeness (QED) is 0.798. The summed E-state index contributed by atoms with van der Waals surface area (Å²) >= 11 is 0. The Kier molecular flexibility index (Phi) is 5.54. The molecule has 1 saturated heterocycles. The SMILES string of the molecule is Cc1nc(C(=O)NC2CC(Cn3ccnc3)C2)nc(N2CC[C@@H](N(C)C)C2)c1C. The first-order chi connectivity index (χ1) is 13.9. The van der Waals surface area contributed by atoms with E-state index < -0.39 is 0 Å². The number of carbonyl (C=O) groups excluding carboxylic acids is 1. The molecule has 1 N–H and O–H groups in total. The Bertz CT molecular complexity index is 858.